The van der Waals surface area contributed by atoms with Crippen LogP contribution in [0.25, 0.3) is 0 Å². The lowest BCUT2D eigenvalue weighted by Gasteiger charge is -2.10. The van der Waals surface area contributed by atoms with Crippen LogP contribution in [-0.2, 0) is 0 Å². The van der Waals surface area contributed by atoms with Crippen molar-refractivity contribution in [3.63, 3.8) is 0 Å². The summed E-state index contributed by atoms with van der Waals surface area (Å²) >= 11 is 1.97. The van der Waals surface area contributed by atoms with E-state index in [4.69, 9.17) is 0 Å². The molecule has 1 heteroatoms. The second kappa shape index (κ2) is 3.74. The van der Waals surface area contributed by atoms with E-state index in [2.05, 4.69) is 54.6 Å². The number of fused-ring (bicyclic) bond motifs is 1. The zero-order valence-electron chi connectivity index (χ0n) is 8.39. The molecule has 0 N–H and O–H groups in total. The number of benzene rings is 2. The Balaban J connectivity index is 2.05. The Morgan fingerprint density at radius 1 is 0.867 bits per heavy atom. The second-order valence-corrected chi connectivity index (χ2v) is 4.87. The van der Waals surface area contributed by atoms with Gasteiger partial charge in [0.15, 0.2) is 0 Å². The standard InChI is InChI=1S/C14H12S/c1-2-6-11(7-3-1)13-10-15-14-9-5-4-8-12(13)14/h1-9,13H,10H2. The molecule has 0 fully saturated rings. The Bertz CT molecular complexity index is 462. The molecule has 1 aliphatic heterocycles. The summed E-state index contributed by atoms with van der Waals surface area (Å²) in [6, 6.07) is 19.5. The van der Waals surface area contributed by atoms with Gasteiger partial charge in [-0.05, 0) is 17.2 Å². The van der Waals surface area contributed by atoms with Gasteiger partial charge in [0.25, 0.3) is 0 Å². The van der Waals surface area contributed by atoms with Crippen molar-refractivity contribution in [3.05, 3.63) is 65.7 Å². The smallest absolute Gasteiger partial charge is 0.0195 e. The second-order valence-electron chi connectivity index (χ2n) is 3.81. The Hall–Kier alpha value is -1.21. The van der Waals surface area contributed by atoms with Crippen LogP contribution in [0.5, 0.6) is 0 Å². The lowest BCUT2D eigenvalue weighted by atomic mass is 9.93. The summed E-state index contributed by atoms with van der Waals surface area (Å²) in [5.41, 5.74) is 2.93. The van der Waals surface area contributed by atoms with Crippen LogP contribution >= 0.6 is 11.8 Å². The van der Waals surface area contributed by atoms with Crippen molar-refractivity contribution in [1.82, 2.24) is 0 Å². The highest BCUT2D eigenvalue weighted by atomic mass is 32.2. The molecule has 1 atom stereocenters. The molecule has 0 aliphatic carbocycles. The van der Waals surface area contributed by atoms with Gasteiger partial charge >= 0.3 is 0 Å². The average Bonchev–Trinajstić information content (AvgIpc) is 2.74. The van der Waals surface area contributed by atoms with Crippen LogP contribution < -0.4 is 0 Å². The van der Waals surface area contributed by atoms with Crippen molar-refractivity contribution in [3.8, 4) is 0 Å². The van der Waals surface area contributed by atoms with Gasteiger partial charge in [-0.15, -0.1) is 11.8 Å². The minimum Gasteiger partial charge on any atom is -0.125 e. The molecule has 0 nitrogen and oxygen atoms in total. The molecule has 15 heavy (non-hydrogen) atoms. The maximum absolute atomic E-state index is 2.26. The van der Waals surface area contributed by atoms with Crippen molar-refractivity contribution in [2.75, 3.05) is 5.75 Å². The Kier molecular flexibility index (Phi) is 2.26. The summed E-state index contributed by atoms with van der Waals surface area (Å²) in [5.74, 6) is 1.77. The molecule has 0 bridgehead atoms. The fraction of sp³-hybridized carbons (Fsp3) is 0.143. The maximum atomic E-state index is 2.26. The summed E-state index contributed by atoms with van der Waals surface area (Å²) in [5, 5.41) is 0. The highest BCUT2D eigenvalue weighted by molar-refractivity contribution is 7.99. The van der Waals surface area contributed by atoms with Crippen LogP contribution in [0.15, 0.2) is 59.5 Å². The summed E-state index contributed by atoms with van der Waals surface area (Å²) in [6.07, 6.45) is 0. The summed E-state index contributed by atoms with van der Waals surface area (Å²) in [7, 11) is 0. The van der Waals surface area contributed by atoms with E-state index in [1.165, 1.54) is 21.8 Å². The Morgan fingerprint density at radius 2 is 1.60 bits per heavy atom. The third-order valence-corrected chi connectivity index (χ3v) is 4.08. The highest BCUT2D eigenvalue weighted by Crippen LogP contribution is 2.42. The van der Waals surface area contributed by atoms with E-state index in [1.807, 2.05) is 11.8 Å². The lowest BCUT2D eigenvalue weighted by Crippen LogP contribution is -1.98. The monoisotopic (exact) mass is 212 g/mol. The van der Waals surface area contributed by atoms with E-state index in [9.17, 15) is 0 Å². The van der Waals surface area contributed by atoms with E-state index in [0.717, 1.165) is 0 Å². The van der Waals surface area contributed by atoms with Gasteiger partial charge < -0.3 is 0 Å². The number of rotatable bonds is 1. The molecule has 1 unspecified atom stereocenters. The van der Waals surface area contributed by atoms with E-state index >= 15 is 0 Å². The summed E-state index contributed by atoms with van der Waals surface area (Å²) < 4.78 is 0. The predicted molar refractivity (Wildman–Crippen MR) is 65.5 cm³/mol. The van der Waals surface area contributed by atoms with Gasteiger partial charge in [0.05, 0.1) is 0 Å². The Morgan fingerprint density at radius 3 is 2.47 bits per heavy atom. The first-order valence-corrected chi connectivity index (χ1v) is 6.20. The van der Waals surface area contributed by atoms with Crippen molar-refractivity contribution in [2.45, 2.75) is 10.8 Å². The maximum Gasteiger partial charge on any atom is 0.0195 e. The van der Waals surface area contributed by atoms with E-state index in [0.29, 0.717) is 5.92 Å². The van der Waals surface area contributed by atoms with Crippen molar-refractivity contribution in [2.24, 2.45) is 0 Å². The van der Waals surface area contributed by atoms with Crippen LogP contribution in [0.1, 0.15) is 17.0 Å². The molecule has 0 saturated carbocycles. The Labute approximate surface area is 94.3 Å². The molecule has 1 heterocycles. The zero-order valence-corrected chi connectivity index (χ0v) is 9.21. The molecule has 3 rings (SSSR count). The first kappa shape index (κ1) is 9.05. The quantitative estimate of drug-likeness (QED) is 0.690. The SMILES string of the molecule is c1ccc(C2CSc3ccccc32)cc1. The van der Waals surface area contributed by atoms with E-state index in [1.54, 1.807) is 0 Å². The first-order chi connectivity index (χ1) is 7.45. The topological polar surface area (TPSA) is 0 Å². The fourth-order valence-corrected chi connectivity index (χ4v) is 3.39. The van der Waals surface area contributed by atoms with Crippen LogP contribution in [0.4, 0.5) is 0 Å². The van der Waals surface area contributed by atoms with Gasteiger partial charge in [0, 0.05) is 16.6 Å². The van der Waals surface area contributed by atoms with Gasteiger partial charge in [-0.25, -0.2) is 0 Å². The molecule has 2 aromatic carbocycles. The fourth-order valence-electron chi connectivity index (χ4n) is 2.12. The van der Waals surface area contributed by atoms with Crippen LogP contribution in [0.2, 0.25) is 0 Å². The van der Waals surface area contributed by atoms with Gasteiger partial charge in [0.1, 0.15) is 0 Å². The molecule has 0 saturated heterocycles. The van der Waals surface area contributed by atoms with Gasteiger partial charge in [0.2, 0.25) is 0 Å². The van der Waals surface area contributed by atoms with Crippen LogP contribution in [0.3, 0.4) is 0 Å². The van der Waals surface area contributed by atoms with E-state index < -0.39 is 0 Å². The zero-order chi connectivity index (χ0) is 10.1. The minimum absolute atomic E-state index is 0.590. The molecule has 0 amide bonds. The largest absolute Gasteiger partial charge is 0.125 e. The molecule has 74 valence electrons. The van der Waals surface area contributed by atoms with Crippen molar-refractivity contribution < 1.29 is 0 Å². The summed E-state index contributed by atoms with van der Waals surface area (Å²) in [4.78, 5) is 1.45. The lowest BCUT2D eigenvalue weighted by molar-refractivity contribution is 0.937. The van der Waals surface area contributed by atoms with Crippen molar-refractivity contribution in [1.29, 1.82) is 0 Å². The third-order valence-electron chi connectivity index (χ3n) is 2.90. The molecule has 0 spiro atoms. The molecule has 2 aromatic rings. The summed E-state index contributed by atoms with van der Waals surface area (Å²) in [6.45, 7) is 0. The first-order valence-electron chi connectivity index (χ1n) is 5.22. The number of hydrogen-bond acceptors (Lipinski definition) is 1. The number of thioether (sulfide) groups is 1. The van der Waals surface area contributed by atoms with Gasteiger partial charge in [-0.3, -0.25) is 0 Å². The predicted octanol–water partition coefficient (Wildman–Crippen LogP) is 3.92. The van der Waals surface area contributed by atoms with E-state index in [-0.39, 0.29) is 0 Å². The minimum atomic E-state index is 0.590. The molecular formula is C14H12S. The molecule has 0 aromatic heterocycles. The van der Waals surface area contributed by atoms with Gasteiger partial charge in [-0.2, -0.15) is 0 Å². The molecular weight excluding hydrogens is 200 g/mol. The molecule has 1 aliphatic rings. The molecule has 0 radical (unpaired) electrons. The van der Waals surface area contributed by atoms with Gasteiger partial charge in [-0.1, -0.05) is 48.5 Å². The van der Waals surface area contributed by atoms with Crippen LogP contribution in [0, 0.1) is 0 Å². The van der Waals surface area contributed by atoms with Crippen LogP contribution in [-0.4, -0.2) is 5.75 Å². The van der Waals surface area contributed by atoms with Crippen molar-refractivity contribution >= 4 is 11.8 Å². The normalized spacial score (nSPS) is 18.8. The third kappa shape index (κ3) is 1.57. The highest BCUT2D eigenvalue weighted by Gasteiger charge is 2.23. The number of hydrogen-bond donors (Lipinski definition) is 0. The average molecular weight is 212 g/mol.